The molecular weight excluding hydrogens is 413 g/mol. The zero-order valence-electron chi connectivity index (χ0n) is 12.0. The average molecular weight is 425 g/mol. The van der Waals surface area contributed by atoms with Gasteiger partial charge in [0.05, 0.1) is 21.8 Å². The summed E-state index contributed by atoms with van der Waals surface area (Å²) in [5.41, 5.74) is 3.14. The Kier molecular flexibility index (Phi) is 5.63. The molecule has 0 bridgehead atoms. The molecule has 0 fully saturated rings. The Bertz CT molecular complexity index is 777. The molecule has 118 valence electrons. The van der Waals surface area contributed by atoms with Crippen molar-refractivity contribution in [1.29, 1.82) is 0 Å². The van der Waals surface area contributed by atoms with Gasteiger partial charge in [-0.1, -0.05) is 6.07 Å². The molecule has 0 aliphatic carbocycles. The third-order valence-electron chi connectivity index (χ3n) is 2.87. The van der Waals surface area contributed by atoms with Gasteiger partial charge in [0.15, 0.2) is 0 Å². The minimum atomic E-state index is -0.556. The second kappa shape index (κ2) is 7.68. The maximum absolute atomic E-state index is 11.9. The zero-order valence-corrected chi connectivity index (χ0v) is 14.2. The molecule has 0 radical (unpaired) electrons. The quantitative estimate of drug-likeness (QED) is 0.345. The molecular formula is C15H12IN3O4. The van der Waals surface area contributed by atoms with Crippen molar-refractivity contribution < 1.29 is 14.5 Å². The molecule has 0 saturated carbocycles. The highest BCUT2D eigenvalue weighted by molar-refractivity contribution is 14.1. The topological polar surface area (TPSA) is 93.8 Å². The molecule has 0 saturated heterocycles. The van der Waals surface area contributed by atoms with Gasteiger partial charge < -0.3 is 4.74 Å². The number of carbonyl (C=O) groups excluding carboxylic acids is 1. The molecule has 2 rings (SSSR count). The standard InChI is InChI=1S/C15H12IN3O4/c1-23-14-6-5-10(7-13(14)16)9-17-18-15(20)11-3-2-4-12(8-11)19(21)22/h2-9H,1H3,(H,18,20)/b17-9-. The van der Waals surface area contributed by atoms with E-state index in [0.717, 1.165) is 14.9 Å². The molecule has 8 heteroatoms. The zero-order chi connectivity index (χ0) is 16.8. The number of benzene rings is 2. The second-order valence-corrected chi connectivity index (χ2v) is 5.56. The Hall–Kier alpha value is -2.49. The lowest BCUT2D eigenvalue weighted by molar-refractivity contribution is -0.384. The molecule has 23 heavy (non-hydrogen) atoms. The number of nitro groups is 1. The van der Waals surface area contributed by atoms with Gasteiger partial charge in [0.2, 0.25) is 0 Å². The van der Waals surface area contributed by atoms with E-state index in [1.807, 2.05) is 6.07 Å². The summed E-state index contributed by atoms with van der Waals surface area (Å²) in [7, 11) is 1.59. The van der Waals surface area contributed by atoms with Gasteiger partial charge >= 0.3 is 0 Å². The summed E-state index contributed by atoms with van der Waals surface area (Å²) in [6.07, 6.45) is 1.48. The number of non-ortho nitro benzene ring substituents is 1. The lowest BCUT2D eigenvalue weighted by Crippen LogP contribution is -2.17. The van der Waals surface area contributed by atoms with Gasteiger partial charge in [0, 0.05) is 17.7 Å². The molecule has 0 aliphatic rings. The minimum absolute atomic E-state index is 0.147. The third kappa shape index (κ3) is 4.49. The number of carbonyl (C=O) groups is 1. The number of hydrogen-bond donors (Lipinski definition) is 1. The number of rotatable bonds is 5. The monoisotopic (exact) mass is 425 g/mol. The molecule has 0 aliphatic heterocycles. The number of hydrazone groups is 1. The summed E-state index contributed by atoms with van der Waals surface area (Å²) < 4.78 is 6.07. The van der Waals surface area contributed by atoms with Gasteiger partial charge in [-0.15, -0.1) is 0 Å². The number of halogens is 1. The summed E-state index contributed by atoms with van der Waals surface area (Å²) in [4.78, 5) is 22.0. The van der Waals surface area contributed by atoms with Crippen LogP contribution in [0.4, 0.5) is 5.69 Å². The van der Waals surface area contributed by atoms with E-state index in [4.69, 9.17) is 4.74 Å². The van der Waals surface area contributed by atoms with Crippen LogP contribution in [-0.4, -0.2) is 24.2 Å². The number of nitrogens with zero attached hydrogens (tertiary/aromatic N) is 2. The Morgan fingerprint density at radius 3 is 2.78 bits per heavy atom. The smallest absolute Gasteiger partial charge is 0.271 e. The SMILES string of the molecule is COc1ccc(/C=N\NC(=O)c2cccc([N+](=O)[O-])c2)cc1I. The van der Waals surface area contributed by atoms with Gasteiger partial charge in [-0.3, -0.25) is 14.9 Å². The van der Waals surface area contributed by atoms with Crippen molar-refractivity contribution in [2.24, 2.45) is 5.10 Å². The predicted molar refractivity (Wildman–Crippen MR) is 93.9 cm³/mol. The van der Waals surface area contributed by atoms with Crippen molar-refractivity contribution >= 4 is 40.4 Å². The highest BCUT2D eigenvalue weighted by Crippen LogP contribution is 2.20. The van der Waals surface area contributed by atoms with Gasteiger partial charge in [-0.05, 0) is 52.4 Å². The summed E-state index contributed by atoms with van der Waals surface area (Å²) in [6, 6.07) is 10.9. The Morgan fingerprint density at radius 1 is 1.35 bits per heavy atom. The molecule has 1 amide bonds. The molecule has 0 heterocycles. The van der Waals surface area contributed by atoms with Crippen LogP contribution in [0.25, 0.3) is 0 Å². The van der Waals surface area contributed by atoms with E-state index < -0.39 is 10.8 Å². The molecule has 2 aromatic carbocycles. The molecule has 0 spiro atoms. The maximum Gasteiger partial charge on any atom is 0.271 e. The van der Waals surface area contributed by atoms with Crippen LogP contribution in [-0.2, 0) is 0 Å². The largest absolute Gasteiger partial charge is 0.496 e. The molecule has 0 atom stereocenters. The summed E-state index contributed by atoms with van der Waals surface area (Å²) in [6.45, 7) is 0. The highest BCUT2D eigenvalue weighted by Gasteiger charge is 2.10. The Labute approximate surface area is 145 Å². The number of ether oxygens (including phenoxy) is 1. The van der Waals surface area contributed by atoms with Crippen molar-refractivity contribution in [2.45, 2.75) is 0 Å². The highest BCUT2D eigenvalue weighted by atomic mass is 127. The van der Waals surface area contributed by atoms with Crippen LogP contribution >= 0.6 is 22.6 Å². The first-order chi connectivity index (χ1) is 11.0. The van der Waals surface area contributed by atoms with Crippen LogP contribution in [0.5, 0.6) is 5.75 Å². The number of nitrogens with one attached hydrogen (secondary N) is 1. The van der Waals surface area contributed by atoms with E-state index in [0.29, 0.717) is 0 Å². The van der Waals surface area contributed by atoms with Crippen LogP contribution in [0, 0.1) is 13.7 Å². The molecule has 0 unspecified atom stereocenters. The maximum atomic E-state index is 11.9. The molecule has 2 aromatic rings. The number of methoxy groups -OCH3 is 1. The van der Waals surface area contributed by atoms with Crippen molar-refractivity contribution in [2.75, 3.05) is 7.11 Å². The average Bonchev–Trinajstić information content (AvgIpc) is 2.55. The number of hydrogen-bond acceptors (Lipinski definition) is 5. The molecule has 7 nitrogen and oxygen atoms in total. The fraction of sp³-hybridized carbons (Fsp3) is 0.0667. The second-order valence-electron chi connectivity index (χ2n) is 4.40. The van der Waals surface area contributed by atoms with Crippen molar-refractivity contribution in [1.82, 2.24) is 5.43 Å². The van der Waals surface area contributed by atoms with E-state index in [1.165, 1.54) is 30.5 Å². The normalized spacial score (nSPS) is 10.5. The van der Waals surface area contributed by atoms with Crippen molar-refractivity contribution in [3.8, 4) is 5.75 Å². The first-order valence-corrected chi connectivity index (χ1v) is 7.50. The fourth-order valence-corrected chi connectivity index (χ4v) is 2.51. The van der Waals surface area contributed by atoms with Gasteiger partial charge in [-0.25, -0.2) is 5.43 Å². The predicted octanol–water partition coefficient (Wildman–Crippen LogP) is 2.97. The fourth-order valence-electron chi connectivity index (χ4n) is 1.75. The van der Waals surface area contributed by atoms with Gasteiger partial charge in [0.1, 0.15) is 5.75 Å². The lowest BCUT2D eigenvalue weighted by Gasteiger charge is -2.03. The molecule has 1 N–H and O–H groups in total. The van der Waals surface area contributed by atoms with Crippen LogP contribution in [0.3, 0.4) is 0 Å². The Morgan fingerprint density at radius 2 is 2.13 bits per heavy atom. The van der Waals surface area contributed by atoms with Gasteiger partial charge in [-0.2, -0.15) is 5.10 Å². The van der Waals surface area contributed by atoms with E-state index in [-0.39, 0.29) is 11.3 Å². The van der Waals surface area contributed by atoms with E-state index in [1.54, 1.807) is 19.2 Å². The summed E-state index contributed by atoms with van der Waals surface area (Å²) >= 11 is 2.13. The van der Waals surface area contributed by atoms with Crippen molar-refractivity contribution in [3.63, 3.8) is 0 Å². The first-order valence-electron chi connectivity index (χ1n) is 6.42. The number of nitro benzene ring substituents is 1. The first kappa shape index (κ1) is 16.9. The van der Waals surface area contributed by atoms with Crippen molar-refractivity contribution in [3.05, 3.63) is 67.3 Å². The van der Waals surface area contributed by atoms with Crippen LogP contribution in [0.2, 0.25) is 0 Å². The lowest BCUT2D eigenvalue weighted by atomic mass is 10.2. The van der Waals surface area contributed by atoms with E-state index >= 15 is 0 Å². The summed E-state index contributed by atoms with van der Waals surface area (Å²) in [5.74, 6) is 0.233. The van der Waals surface area contributed by atoms with E-state index in [2.05, 4.69) is 33.1 Å². The van der Waals surface area contributed by atoms with Crippen LogP contribution in [0.1, 0.15) is 15.9 Å². The molecule has 0 aromatic heterocycles. The third-order valence-corrected chi connectivity index (χ3v) is 3.72. The minimum Gasteiger partial charge on any atom is -0.496 e. The van der Waals surface area contributed by atoms with E-state index in [9.17, 15) is 14.9 Å². The Balaban J connectivity index is 2.05. The van der Waals surface area contributed by atoms with Gasteiger partial charge in [0.25, 0.3) is 11.6 Å². The van der Waals surface area contributed by atoms with Crippen LogP contribution < -0.4 is 10.2 Å². The number of amides is 1. The summed E-state index contributed by atoms with van der Waals surface area (Å²) in [5, 5.41) is 14.5. The van der Waals surface area contributed by atoms with Crippen LogP contribution in [0.15, 0.2) is 47.6 Å².